The van der Waals surface area contributed by atoms with Crippen molar-refractivity contribution >= 4 is 27.5 Å². The third-order valence-corrected chi connectivity index (χ3v) is 2.59. The van der Waals surface area contributed by atoms with Gasteiger partial charge in [-0.3, -0.25) is 4.40 Å². The molecule has 5 heteroatoms. The molecule has 0 amide bonds. The molecule has 0 radical (unpaired) electrons. The first-order chi connectivity index (χ1) is 7.24. The van der Waals surface area contributed by atoms with Crippen molar-refractivity contribution in [1.29, 1.82) is 0 Å². The first-order valence-corrected chi connectivity index (χ1v) is 5.32. The van der Waals surface area contributed by atoms with Crippen LogP contribution in [0.4, 0.5) is 0 Å². The quantitative estimate of drug-likeness (QED) is 0.620. The molecule has 0 saturated heterocycles. The van der Waals surface area contributed by atoms with Gasteiger partial charge in [-0.2, -0.15) is 0 Å². The number of imidazole rings is 1. The normalized spacial score (nSPS) is 10.5. The lowest BCUT2D eigenvalue weighted by molar-refractivity contribution is 0.0518. The number of pyridine rings is 1. The van der Waals surface area contributed by atoms with E-state index < -0.39 is 0 Å². The number of fused-ring (bicyclic) bond motifs is 1. The summed E-state index contributed by atoms with van der Waals surface area (Å²) < 4.78 is 7.41. The molecule has 0 fully saturated rings. The minimum Gasteiger partial charge on any atom is -0.461 e. The number of carbonyl (C=O) groups excluding carboxylic acids is 1. The summed E-state index contributed by atoms with van der Waals surface area (Å²) in [6, 6.07) is 5.53. The van der Waals surface area contributed by atoms with Gasteiger partial charge in [-0.05, 0) is 35.0 Å². The second-order valence-electron chi connectivity index (χ2n) is 2.91. The van der Waals surface area contributed by atoms with Gasteiger partial charge >= 0.3 is 5.97 Å². The maximum Gasteiger partial charge on any atom is 0.357 e. The number of carbonyl (C=O) groups is 1. The van der Waals surface area contributed by atoms with E-state index in [0.717, 1.165) is 4.60 Å². The molecule has 15 heavy (non-hydrogen) atoms. The predicted molar refractivity (Wildman–Crippen MR) is 58.8 cm³/mol. The molecule has 0 N–H and O–H groups in total. The van der Waals surface area contributed by atoms with E-state index in [0.29, 0.717) is 17.9 Å². The second-order valence-corrected chi connectivity index (χ2v) is 3.72. The Bertz CT molecular complexity index is 507. The number of aromatic nitrogens is 2. The number of rotatable bonds is 2. The Balaban J connectivity index is 2.57. The largest absolute Gasteiger partial charge is 0.461 e. The smallest absolute Gasteiger partial charge is 0.357 e. The van der Waals surface area contributed by atoms with Gasteiger partial charge in [-0.25, -0.2) is 9.78 Å². The van der Waals surface area contributed by atoms with Gasteiger partial charge in [0, 0.05) is 0 Å². The zero-order valence-corrected chi connectivity index (χ0v) is 9.69. The molecule has 0 spiro atoms. The van der Waals surface area contributed by atoms with E-state index in [1.807, 2.05) is 18.2 Å². The molecule has 78 valence electrons. The van der Waals surface area contributed by atoms with E-state index >= 15 is 0 Å². The molecule has 0 unspecified atom stereocenters. The number of hydrogen-bond acceptors (Lipinski definition) is 3. The summed E-state index contributed by atoms with van der Waals surface area (Å²) in [6.07, 6.45) is 1.51. The maximum absolute atomic E-state index is 11.6. The van der Waals surface area contributed by atoms with E-state index in [-0.39, 0.29) is 5.97 Å². The molecule has 2 rings (SSSR count). The summed E-state index contributed by atoms with van der Waals surface area (Å²) in [4.78, 5) is 15.7. The molecule has 0 aliphatic heterocycles. The fraction of sp³-hybridized carbons (Fsp3) is 0.200. The second kappa shape index (κ2) is 4.02. The molecular formula is C10H9BrN2O2. The van der Waals surface area contributed by atoms with Crippen molar-refractivity contribution in [2.24, 2.45) is 0 Å². The highest BCUT2D eigenvalue weighted by Gasteiger charge is 2.14. The molecule has 2 heterocycles. The fourth-order valence-electron chi connectivity index (χ4n) is 1.35. The fourth-order valence-corrected chi connectivity index (χ4v) is 1.87. The van der Waals surface area contributed by atoms with E-state index in [2.05, 4.69) is 20.9 Å². The average molecular weight is 269 g/mol. The molecule has 0 bridgehead atoms. The minimum absolute atomic E-state index is 0.358. The first-order valence-electron chi connectivity index (χ1n) is 4.53. The van der Waals surface area contributed by atoms with Gasteiger partial charge in [0.25, 0.3) is 0 Å². The maximum atomic E-state index is 11.6. The number of hydrogen-bond donors (Lipinski definition) is 0. The van der Waals surface area contributed by atoms with E-state index in [4.69, 9.17) is 4.74 Å². The lowest BCUT2D eigenvalue weighted by Crippen LogP contribution is -2.08. The lowest BCUT2D eigenvalue weighted by Gasteiger charge is -2.03. The van der Waals surface area contributed by atoms with Crippen molar-refractivity contribution in [2.45, 2.75) is 6.92 Å². The Morgan fingerprint density at radius 1 is 1.60 bits per heavy atom. The van der Waals surface area contributed by atoms with Crippen LogP contribution in [0.5, 0.6) is 0 Å². The molecule has 0 atom stereocenters. The van der Waals surface area contributed by atoms with Crippen LogP contribution >= 0.6 is 15.9 Å². The minimum atomic E-state index is -0.364. The highest BCUT2D eigenvalue weighted by molar-refractivity contribution is 9.10. The average Bonchev–Trinajstić information content (AvgIpc) is 2.63. The summed E-state index contributed by atoms with van der Waals surface area (Å²) in [5.74, 6) is -0.364. The van der Waals surface area contributed by atoms with Crippen molar-refractivity contribution in [3.05, 3.63) is 34.7 Å². The summed E-state index contributed by atoms with van der Waals surface area (Å²) >= 11 is 3.36. The van der Waals surface area contributed by atoms with Gasteiger partial charge in [-0.15, -0.1) is 0 Å². The Hall–Kier alpha value is -1.36. The monoisotopic (exact) mass is 268 g/mol. The number of ether oxygens (including phenoxy) is 1. The summed E-state index contributed by atoms with van der Waals surface area (Å²) in [6.45, 7) is 2.13. The first kappa shape index (κ1) is 10.2. The lowest BCUT2D eigenvalue weighted by atomic mass is 10.4. The van der Waals surface area contributed by atoms with Crippen molar-refractivity contribution in [2.75, 3.05) is 6.61 Å². The molecule has 2 aromatic rings. The highest BCUT2D eigenvalue weighted by atomic mass is 79.9. The summed E-state index contributed by atoms with van der Waals surface area (Å²) in [7, 11) is 0. The molecule has 4 nitrogen and oxygen atoms in total. The number of halogens is 1. The van der Waals surface area contributed by atoms with Gasteiger partial charge in [-0.1, -0.05) is 6.07 Å². The molecule has 0 aliphatic carbocycles. The Labute approximate surface area is 95.0 Å². The molecular weight excluding hydrogens is 260 g/mol. The van der Waals surface area contributed by atoms with Crippen LogP contribution in [0.1, 0.15) is 17.4 Å². The standard InChI is InChI=1S/C10H9BrN2O2/c1-2-15-10(14)7-6-12-9-5-3-4-8(11)13(7)9/h3-6H,2H2,1H3. The van der Waals surface area contributed by atoms with Gasteiger partial charge in [0.05, 0.1) is 17.4 Å². The topological polar surface area (TPSA) is 43.6 Å². The number of nitrogens with zero attached hydrogens (tertiary/aromatic N) is 2. The van der Waals surface area contributed by atoms with Gasteiger partial charge in [0.15, 0.2) is 5.69 Å². The molecule has 0 aliphatic rings. The van der Waals surface area contributed by atoms with Crippen molar-refractivity contribution < 1.29 is 9.53 Å². The Morgan fingerprint density at radius 2 is 2.40 bits per heavy atom. The predicted octanol–water partition coefficient (Wildman–Crippen LogP) is 2.27. The van der Waals surface area contributed by atoms with Crippen LogP contribution < -0.4 is 0 Å². The SMILES string of the molecule is CCOC(=O)c1cnc2cccc(Br)n12. The summed E-state index contributed by atoms with van der Waals surface area (Å²) in [5.41, 5.74) is 1.15. The number of esters is 1. The Morgan fingerprint density at radius 3 is 3.13 bits per heavy atom. The van der Waals surface area contributed by atoms with Crippen LogP contribution in [0.15, 0.2) is 29.0 Å². The van der Waals surface area contributed by atoms with Crippen molar-refractivity contribution in [1.82, 2.24) is 9.38 Å². The van der Waals surface area contributed by atoms with Crippen molar-refractivity contribution in [3.63, 3.8) is 0 Å². The van der Waals surface area contributed by atoms with Gasteiger partial charge < -0.3 is 4.74 Å². The van der Waals surface area contributed by atoms with Crippen LogP contribution in [-0.2, 0) is 4.74 Å². The molecule has 0 saturated carbocycles. The van der Waals surface area contributed by atoms with E-state index in [9.17, 15) is 4.79 Å². The van der Waals surface area contributed by atoms with Crippen LogP contribution in [0.2, 0.25) is 0 Å². The third kappa shape index (κ3) is 1.74. The van der Waals surface area contributed by atoms with Crippen molar-refractivity contribution in [3.8, 4) is 0 Å². The van der Waals surface area contributed by atoms with Gasteiger partial charge in [0.1, 0.15) is 5.65 Å². The zero-order chi connectivity index (χ0) is 10.8. The van der Waals surface area contributed by atoms with E-state index in [1.54, 1.807) is 11.3 Å². The van der Waals surface area contributed by atoms with Crippen LogP contribution in [0.3, 0.4) is 0 Å². The molecule has 2 aromatic heterocycles. The summed E-state index contributed by atoms with van der Waals surface area (Å²) in [5, 5.41) is 0. The van der Waals surface area contributed by atoms with E-state index in [1.165, 1.54) is 6.20 Å². The van der Waals surface area contributed by atoms with Gasteiger partial charge in [0.2, 0.25) is 0 Å². The van der Waals surface area contributed by atoms with Crippen LogP contribution in [0.25, 0.3) is 5.65 Å². The zero-order valence-electron chi connectivity index (χ0n) is 8.11. The molecule has 0 aromatic carbocycles. The highest BCUT2D eigenvalue weighted by Crippen LogP contribution is 2.16. The Kier molecular flexibility index (Phi) is 2.73. The van der Waals surface area contributed by atoms with Crippen LogP contribution in [0, 0.1) is 0 Å². The van der Waals surface area contributed by atoms with Crippen LogP contribution in [-0.4, -0.2) is 22.0 Å². The third-order valence-electron chi connectivity index (χ3n) is 1.97.